The number of esters is 2. The molecule has 10 nitrogen and oxygen atoms in total. The molecule has 0 radical (unpaired) electrons. The summed E-state index contributed by atoms with van der Waals surface area (Å²) in [4.78, 5) is 61.5. The van der Waals surface area contributed by atoms with Crippen molar-refractivity contribution < 1.29 is 43.3 Å². The van der Waals surface area contributed by atoms with Crippen molar-refractivity contribution in [2.75, 3.05) is 4.90 Å². The van der Waals surface area contributed by atoms with Crippen LogP contribution in [0.15, 0.2) is 36.4 Å². The molecule has 30 heavy (non-hydrogen) atoms. The van der Waals surface area contributed by atoms with Gasteiger partial charge in [0, 0.05) is 13.8 Å². The summed E-state index contributed by atoms with van der Waals surface area (Å²) in [6, 6.07) is 5.29. The van der Waals surface area contributed by atoms with Gasteiger partial charge in [0.05, 0.1) is 29.2 Å². The topological polar surface area (TPSA) is 137 Å². The summed E-state index contributed by atoms with van der Waals surface area (Å²) in [5, 5.41) is 9.04. The first-order valence-electron chi connectivity index (χ1n) is 9.08. The largest absolute Gasteiger partial charge is 0.478 e. The Morgan fingerprint density at radius 2 is 1.67 bits per heavy atom. The third-order valence-electron chi connectivity index (χ3n) is 5.36. The van der Waals surface area contributed by atoms with Crippen LogP contribution >= 0.6 is 0 Å². The van der Waals surface area contributed by atoms with Gasteiger partial charge in [-0.05, 0) is 30.3 Å². The number of nitrogens with zero attached hydrogens (tertiary/aromatic N) is 1. The van der Waals surface area contributed by atoms with Crippen molar-refractivity contribution in [3.8, 4) is 0 Å². The molecule has 1 aromatic rings. The predicted octanol–water partition coefficient (Wildman–Crippen LogP) is 0.650. The Balaban J connectivity index is 1.71. The van der Waals surface area contributed by atoms with Crippen LogP contribution in [-0.2, 0) is 33.4 Å². The molecule has 2 fully saturated rings. The second-order valence-electron chi connectivity index (χ2n) is 7.21. The van der Waals surface area contributed by atoms with Crippen molar-refractivity contribution in [3.63, 3.8) is 0 Å². The standard InChI is InChI=1S/C20H17NO9/c1-9(22)28-19(29-10(2)23)20-8-7-13(30-20)14-15(20)17(25)21(16(14)24)12-5-3-11(4-6-12)18(26)27/h3-8,13-15,19H,1-2H3,(H,26,27)/t13-,14+,15-,20-/m1/s1. The summed E-state index contributed by atoms with van der Waals surface area (Å²) in [6.45, 7) is 2.24. The Morgan fingerprint density at radius 3 is 2.20 bits per heavy atom. The molecule has 3 heterocycles. The highest BCUT2D eigenvalue weighted by molar-refractivity contribution is 6.23. The molecule has 1 N–H and O–H groups in total. The van der Waals surface area contributed by atoms with Crippen molar-refractivity contribution in [2.24, 2.45) is 11.8 Å². The summed E-state index contributed by atoms with van der Waals surface area (Å²) in [6.07, 6.45) is 0.749. The maximum absolute atomic E-state index is 13.3. The first kappa shape index (κ1) is 19.8. The number of hydrogen-bond acceptors (Lipinski definition) is 8. The van der Waals surface area contributed by atoms with Crippen LogP contribution in [0.25, 0.3) is 0 Å². The number of benzene rings is 1. The van der Waals surface area contributed by atoms with Crippen LogP contribution in [0.4, 0.5) is 5.69 Å². The zero-order chi connectivity index (χ0) is 21.8. The van der Waals surface area contributed by atoms with E-state index < -0.39 is 59.6 Å². The van der Waals surface area contributed by atoms with Gasteiger partial charge in [0.25, 0.3) is 6.29 Å². The molecule has 3 aliphatic rings. The molecular weight excluding hydrogens is 398 g/mol. The molecule has 2 amide bonds. The third kappa shape index (κ3) is 2.79. The highest BCUT2D eigenvalue weighted by Crippen LogP contribution is 2.54. The Hall–Kier alpha value is -3.53. The Bertz CT molecular complexity index is 982. The zero-order valence-corrected chi connectivity index (χ0v) is 15.9. The van der Waals surface area contributed by atoms with Gasteiger partial charge < -0.3 is 19.3 Å². The molecule has 0 aliphatic carbocycles. The van der Waals surface area contributed by atoms with Crippen LogP contribution in [0.3, 0.4) is 0 Å². The number of anilines is 1. The van der Waals surface area contributed by atoms with E-state index in [9.17, 15) is 24.0 Å². The number of carbonyl (C=O) groups excluding carboxylic acids is 4. The number of imide groups is 1. The number of aromatic carboxylic acids is 1. The molecule has 10 heteroatoms. The average molecular weight is 415 g/mol. The summed E-state index contributed by atoms with van der Waals surface area (Å²) in [5.41, 5.74) is -1.42. The first-order valence-corrected chi connectivity index (χ1v) is 9.08. The summed E-state index contributed by atoms with van der Waals surface area (Å²) in [5.74, 6) is -5.77. The summed E-state index contributed by atoms with van der Waals surface area (Å²) >= 11 is 0. The van der Waals surface area contributed by atoms with E-state index in [2.05, 4.69) is 0 Å². The van der Waals surface area contributed by atoms with E-state index in [1.54, 1.807) is 6.08 Å². The molecule has 3 aliphatic heterocycles. The number of carboxylic acids is 1. The molecule has 1 aromatic carbocycles. The Kier molecular flexibility index (Phi) is 4.46. The van der Waals surface area contributed by atoms with E-state index in [1.807, 2.05) is 0 Å². The number of carboxylic acid groups (broad SMARTS) is 1. The second-order valence-corrected chi connectivity index (χ2v) is 7.21. The van der Waals surface area contributed by atoms with E-state index in [-0.39, 0.29) is 11.3 Å². The van der Waals surface area contributed by atoms with Gasteiger partial charge in [-0.25, -0.2) is 9.69 Å². The van der Waals surface area contributed by atoms with Crippen molar-refractivity contribution in [1.29, 1.82) is 0 Å². The van der Waals surface area contributed by atoms with Gasteiger partial charge in [-0.2, -0.15) is 0 Å². The molecular formula is C20H17NO9. The molecule has 0 saturated carbocycles. The van der Waals surface area contributed by atoms with Gasteiger partial charge in [0.15, 0.2) is 5.60 Å². The van der Waals surface area contributed by atoms with Crippen LogP contribution in [0.1, 0.15) is 24.2 Å². The molecule has 0 unspecified atom stereocenters. The lowest BCUT2D eigenvalue weighted by Gasteiger charge is -2.34. The number of rotatable bonds is 5. The first-order chi connectivity index (χ1) is 14.2. The number of amides is 2. The molecule has 156 valence electrons. The normalized spacial score (nSPS) is 28.8. The van der Waals surface area contributed by atoms with Crippen LogP contribution in [-0.4, -0.2) is 52.8 Å². The number of hydrogen-bond donors (Lipinski definition) is 1. The number of carbonyl (C=O) groups is 5. The van der Waals surface area contributed by atoms with Gasteiger partial charge in [0.1, 0.15) is 0 Å². The molecule has 0 aromatic heterocycles. The minimum absolute atomic E-state index is 0.00404. The molecule has 2 saturated heterocycles. The molecule has 4 atom stereocenters. The Labute approximate surface area is 170 Å². The SMILES string of the molecule is CC(=O)OC(OC(C)=O)[C@]12C=C[C@@H](O1)[C@@H]1C(=O)N(c3ccc(C(=O)O)cc3)C(=O)[C@@H]12. The number of ether oxygens (including phenoxy) is 3. The van der Waals surface area contributed by atoms with Crippen LogP contribution in [0, 0.1) is 11.8 Å². The summed E-state index contributed by atoms with van der Waals surface area (Å²) in [7, 11) is 0. The van der Waals surface area contributed by atoms with E-state index in [0.29, 0.717) is 0 Å². The second kappa shape index (κ2) is 6.77. The fourth-order valence-corrected chi connectivity index (χ4v) is 4.22. The molecule has 2 bridgehead atoms. The third-order valence-corrected chi connectivity index (χ3v) is 5.36. The van der Waals surface area contributed by atoms with Crippen molar-refractivity contribution >= 4 is 35.4 Å². The fourth-order valence-electron chi connectivity index (χ4n) is 4.22. The van der Waals surface area contributed by atoms with Crippen molar-refractivity contribution in [2.45, 2.75) is 31.8 Å². The predicted molar refractivity (Wildman–Crippen MR) is 96.9 cm³/mol. The summed E-state index contributed by atoms with van der Waals surface area (Å²) < 4.78 is 16.1. The van der Waals surface area contributed by atoms with E-state index in [1.165, 1.54) is 30.3 Å². The maximum Gasteiger partial charge on any atom is 0.335 e. The van der Waals surface area contributed by atoms with E-state index in [4.69, 9.17) is 19.3 Å². The van der Waals surface area contributed by atoms with E-state index >= 15 is 0 Å². The quantitative estimate of drug-likeness (QED) is 0.318. The smallest absolute Gasteiger partial charge is 0.335 e. The highest BCUT2D eigenvalue weighted by atomic mass is 16.7. The average Bonchev–Trinajstić information content (AvgIpc) is 3.32. The maximum atomic E-state index is 13.3. The van der Waals surface area contributed by atoms with Gasteiger partial charge >= 0.3 is 17.9 Å². The van der Waals surface area contributed by atoms with Gasteiger partial charge in [-0.3, -0.25) is 19.2 Å². The monoisotopic (exact) mass is 415 g/mol. The van der Waals surface area contributed by atoms with Crippen molar-refractivity contribution in [3.05, 3.63) is 42.0 Å². The number of fused-ring (bicyclic) bond motifs is 5. The van der Waals surface area contributed by atoms with Crippen LogP contribution in [0.2, 0.25) is 0 Å². The zero-order valence-electron chi connectivity index (χ0n) is 15.9. The van der Waals surface area contributed by atoms with Crippen LogP contribution in [0.5, 0.6) is 0 Å². The lowest BCUT2D eigenvalue weighted by molar-refractivity contribution is -0.226. The van der Waals surface area contributed by atoms with Gasteiger partial charge in [-0.1, -0.05) is 6.08 Å². The van der Waals surface area contributed by atoms with Crippen LogP contribution < -0.4 is 4.90 Å². The van der Waals surface area contributed by atoms with Gasteiger partial charge in [0.2, 0.25) is 11.8 Å². The van der Waals surface area contributed by atoms with Crippen molar-refractivity contribution in [1.82, 2.24) is 0 Å². The fraction of sp³-hybridized carbons (Fsp3) is 0.350. The lowest BCUT2D eigenvalue weighted by atomic mass is 9.76. The van der Waals surface area contributed by atoms with E-state index in [0.717, 1.165) is 18.7 Å². The molecule has 4 rings (SSSR count). The van der Waals surface area contributed by atoms with Gasteiger partial charge in [-0.15, -0.1) is 0 Å². The Morgan fingerprint density at radius 1 is 1.07 bits per heavy atom. The lowest BCUT2D eigenvalue weighted by Crippen LogP contribution is -2.52. The minimum Gasteiger partial charge on any atom is -0.478 e. The highest BCUT2D eigenvalue weighted by Gasteiger charge is 2.72. The molecule has 0 spiro atoms. The minimum atomic E-state index is -1.63.